The van der Waals surface area contributed by atoms with E-state index in [1.54, 1.807) is 6.92 Å². The Balaban J connectivity index is 1.42. The number of carbonyl (C=O) groups excluding carboxylic acids is 2. The largest absolute Gasteiger partial charge is 0.462 e. The fourth-order valence-electron chi connectivity index (χ4n) is 4.53. The van der Waals surface area contributed by atoms with Gasteiger partial charge in [0.15, 0.2) is 0 Å². The lowest BCUT2D eigenvalue weighted by atomic mass is 9.95. The molecule has 1 fully saturated rings. The minimum atomic E-state index is -0.440. The number of amides is 1. The monoisotopic (exact) mass is 455 g/mol. The Hall–Kier alpha value is -2.54. The molecule has 7 heteroatoms. The van der Waals surface area contributed by atoms with Crippen LogP contribution >= 0.6 is 11.3 Å². The molecule has 0 spiro atoms. The Morgan fingerprint density at radius 1 is 1.06 bits per heavy atom. The number of rotatable bonds is 7. The second kappa shape index (κ2) is 10.4. The number of hydrogen-bond donors (Lipinski definition) is 2. The number of nitrogens with zero attached hydrogens (tertiary/aromatic N) is 1. The fourth-order valence-corrected chi connectivity index (χ4v) is 5.81. The highest BCUT2D eigenvalue weighted by atomic mass is 32.1. The van der Waals surface area contributed by atoms with E-state index in [0.717, 1.165) is 50.0 Å². The smallest absolute Gasteiger partial charge is 0.341 e. The average Bonchev–Trinajstić information content (AvgIpc) is 3.18. The topological polar surface area (TPSA) is 70.7 Å². The van der Waals surface area contributed by atoms with Gasteiger partial charge >= 0.3 is 5.97 Å². The number of benzene rings is 1. The van der Waals surface area contributed by atoms with Crippen LogP contribution in [-0.4, -0.2) is 37.6 Å². The third-order valence-corrected chi connectivity index (χ3v) is 7.46. The molecule has 0 bridgehead atoms. The molecule has 2 aromatic rings. The predicted molar refractivity (Wildman–Crippen MR) is 131 cm³/mol. The zero-order valence-electron chi connectivity index (χ0n) is 19.0. The van der Waals surface area contributed by atoms with Gasteiger partial charge in [0.25, 0.3) is 0 Å². The van der Waals surface area contributed by atoms with Crippen molar-refractivity contribution in [2.45, 2.75) is 64.8 Å². The molecule has 1 aliphatic heterocycles. The van der Waals surface area contributed by atoms with Crippen LogP contribution in [0.4, 0.5) is 16.4 Å². The number of nitrogens with one attached hydrogen (secondary N) is 2. The molecule has 32 heavy (non-hydrogen) atoms. The van der Waals surface area contributed by atoms with Crippen LogP contribution in [0.25, 0.3) is 0 Å². The highest BCUT2D eigenvalue weighted by molar-refractivity contribution is 7.17. The average molecular weight is 456 g/mol. The van der Waals surface area contributed by atoms with Crippen LogP contribution in [0.2, 0.25) is 0 Å². The van der Waals surface area contributed by atoms with Crippen LogP contribution in [0.15, 0.2) is 24.3 Å². The summed E-state index contributed by atoms with van der Waals surface area (Å²) in [7, 11) is 0. The Morgan fingerprint density at radius 3 is 2.50 bits per heavy atom. The van der Waals surface area contributed by atoms with Crippen LogP contribution in [-0.2, 0) is 22.4 Å². The number of hydrogen-bond acceptors (Lipinski definition) is 6. The van der Waals surface area contributed by atoms with Gasteiger partial charge in [-0.15, -0.1) is 11.3 Å². The van der Waals surface area contributed by atoms with Gasteiger partial charge < -0.3 is 20.3 Å². The summed E-state index contributed by atoms with van der Waals surface area (Å²) in [5.74, 6) is -0.495. The van der Waals surface area contributed by atoms with Crippen LogP contribution in [0.1, 0.15) is 66.8 Å². The zero-order valence-corrected chi connectivity index (χ0v) is 19.9. The molecular weight excluding hydrogens is 422 g/mol. The van der Waals surface area contributed by atoms with E-state index in [9.17, 15) is 9.59 Å². The maximum atomic E-state index is 12.9. The highest BCUT2D eigenvalue weighted by Gasteiger charge is 2.28. The van der Waals surface area contributed by atoms with Crippen molar-refractivity contribution < 1.29 is 14.3 Å². The second-order valence-electron chi connectivity index (χ2n) is 8.59. The van der Waals surface area contributed by atoms with E-state index < -0.39 is 6.04 Å². The van der Waals surface area contributed by atoms with Gasteiger partial charge in [-0.3, -0.25) is 4.79 Å². The van der Waals surface area contributed by atoms with E-state index in [1.807, 2.05) is 19.1 Å². The van der Waals surface area contributed by atoms with Gasteiger partial charge in [-0.1, -0.05) is 0 Å². The van der Waals surface area contributed by atoms with E-state index in [1.165, 1.54) is 41.2 Å². The number of thiophene rings is 1. The summed E-state index contributed by atoms with van der Waals surface area (Å²) in [5, 5.41) is 6.90. The number of carbonyl (C=O) groups is 2. The minimum Gasteiger partial charge on any atom is -0.462 e. The van der Waals surface area contributed by atoms with E-state index in [0.29, 0.717) is 17.2 Å². The molecule has 0 saturated carbocycles. The van der Waals surface area contributed by atoms with Crippen molar-refractivity contribution in [2.75, 3.05) is 35.2 Å². The number of aryl methyl sites for hydroxylation is 1. The van der Waals surface area contributed by atoms with E-state index >= 15 is 0 Å². The molecule has 6 nitrogen and oxygen atoms in total. The summed E-state index contributed by atoms with van der Waals surface area (Å²) >= 11 is 1.52. The summed E-state index contributed by atoms with van der Waals surface area (Å²) in [6.45, 7) is 6.18. The van der Waals surface area contributed by atoms with E-state index in [4.69, 9.17) is 4.74 Å². The van der Waals surface area contributed by atoms with Crippen molar-refractivity contribution in [1.82, 2.24) is 0 Å². The van der Waals surface area contributed by atoms with Gasteiger partial charge in [-0.25, -0.2) is 4.79 Å². The van der Waals surface area contributed by atoms with Crippen LogP contribution in [0.3, 0.4) is 0 Å². The molecule has 1 aromatic carbocycles. The first-order valence-electron chi connectivity index (χ1n) is 11.8. The molecule has 2 heterocycles. The van der Waals surface area contributed by atoms with Crippen LogP contribution in [0.5, 0.6) is 0 Å². The van der Waals surface area contributed by atoms with Crippen LogP contribution in [0, 0.1) is 0 Å². The third kappa shape index (κ3) is 5.09. The van der Waals surface area contributed by atoms with E-state index in [2.05, 4.69) is 27.7 Å². The Labute approximate surface area is 194 Å². The van der Waals surface area contributed by atoms with Crippen molar-refractivity contribution in [1.29, 1.82) is 0 Å². The van der Waals surface area contributed by atoms with Crippen molar-refractivity contribution in [2.24, 2.45) is 0 Å². The molecule has 2 aliphatic rings. The van der Waals surface area contributed by atoms with Crippen molar-refractivity contribution in [3.63, 3.8) is 0 Å². The standard InChI is InChI=1S/C25H33N3O3S/c1-3-31-25(30)22-20-9-5-6-10-21(20)32-24(22)27-23(29)17(2)26-18-11-13-19(14-12-18)28-15-7-4-8-16-28/h11-14,17,26H,3-10,15-16H2,1-2H3,(H,27,29)/t17-/m1/s1. The molecule has 172 valence electrons. The first-order chi connectivity index (χ1) is 15.6. The summed E-state index contributed by atoms with van der Waals surface area (Å²) in [4.78, 5) is 29.2. The molecule has 1 aromatic heterocycles. The fraction of sp³-hybridized carbons (Fsp3) is 0.520. The Morgan fingerprint density at radius 2 is 1.78 bits per heavy atom. The van der Waals surface area contributed by atoms with Crippen molar-refractivity contribution >= 4 is 39.6 Å². The van der Waals surface area contributed by atoms with Crippen molar-refractivity contribution in [3.8, 4) is 0 Å². The summed E-state index contributed by atoms with van der Waals surface area (Å²) in [5.41, 5.74) is 3.75. The number of esters is 1. The minimum absolute atomic E-state index is 0.158. The molecule has 0 unspecified atom stereocenters. The third-order valence-electron chi connectivity index (χ3n) is 6.25. The van der Waals surface area contributed by atoms with Gasteiger partial charge in [-0.05, 0) is 88.6 Å². The number of fused-ring (bicyclic) bond motifs is 1. The lowest BCUT2D eigenvalue weighted by Crippen LogP contribution is -2.32. The molecule has 0 radical (unpaired) electrons. The molecule has 1 aliphatic carbocycles. The lowest BCUT2D eigenvalue weighted by molar-refractivity contribution is -0.116. The maximum Gasteiger partial charge on any atom is 0.341 e. The van der Waals surface area contributed by atoms with Gasteiger partial charge in [-0.2, -0.15) is 0 Å². The molecule has 1 amide bonds. The van der Waals surface area contributed by atoms with Crippen molar-refractivity contribution in [3.05, 3.63) is 40.3 Å². The molecule has 2 N–H and O–H groups in total. The second-order valence-corrected chi connectivity index (χ2v) is 9.69. The number of piperidine rings is 1. The molecule has 4 rings (SSSR count). The summed E-state index contributed by atoms with van der Waals surface area (Å²) in [6.07, 6.45) is 7.82. The van der Waals surface area contributed by atoms with Gasteiger partial charge in [0.1, 0.15) is 11.0 Å². The molecular formula is C25H33N3O3S. The van der Waals surface area contributed by atoms with Gasteiger partial charge in [0.2, 0.25) is 5.91 Å². The SMILES string of the molecule is CCOC(=O)c1c(NC(=O)[C@@H](C)Nc2ccc(N3CCCCC3)cc2)sc2c1CCCC2. The predicted octanol–water partition coefficient (Wildman–Crippen LogP) is 5.23. The Bertz CT molecular complexity index is 948. The molecule has 1 saturated heterocycles. The first kappa shape index (κ1) is 22.6. The van der Waals surface area contributed by atoms with Gasteiger partial charge in [0.05, 0.1) is 12.2 Å². The normalized spacial score (nSPS) is 16.8. The van der Waals surface area contributed by atoms with Gasteiger partial charge in [0, 0.05) is 29.3 Å². The highest BCUT2D eigenvalue weighted by Crippen LogP contribution is 2.38. The Kier molecular flexibility index (Phi) is 7.35. The number of anilines is 3. The summed E-state index contributed by atoms with van der Waals surface area (Å²) < 4.78 is 5.29. The van der Waals surface area contributed by atoms with E-state index in [-0.39, 0.29) is 11.9 Å². The quantitative estimate of drug-likeness (QED) is 0.559. The maximum absolute atomic E-state index is 12.9. The van der Waals surface area contributed by atoms with Crippen LogP contribution < -0.4 is 15.5 Å². The molecule has 1 atom stereocenters. The zero-order chi connectivity index (χ0) is 22.5. The lowest BCUT2D eigenvalue weighted by Gasteiger charge is -2.29. The number of ether oxygens (including phenoxy) is 1. The summed E-state index contributed by atoms with van der Waals surface area (Å²) in [6, 6.07) is 7.85. The first-order valence-corrected chi connectivity index (χ1v) is 12.6.